The predicted octanol–water partition coefficient (Wildman–Crippen LogP) is -0.825. The second kappa shape index (κ2) is 8.01. The molecule has 92 valence electrons. The molecular weight excluding hydrogens is 190 g/mol. The minimum absolute atomic E-state index is 0.757. The van der Waals surface area contributed by atoms with E-state index in [1.54, 1.807) is 0 Å². The molecule has 1 heterocycles. The standard InChI is InChI=1S/C6H15N3.C4H12N2/c1-7-4-8(2)6-9(3)5-7;1-6(2)4-3-5/h4-6H2,1-3H3;3-5H2,1-2H3. The molecule has 0 atom stereocenters. The van der Waals surface area contributed by atoms with Crippen molar-refractivity contribution >= 4 is 0 Å². The molecule has 1 aliphatic rings. The lowest BCUT2D eigenvalue weighted by Gasteiger charge is -2.36. The van der Waals surface area contributed by atoms with Crippen LogP contribution >= 0.6 is 0 Å². The van der Waals surface area contributed by atoms with Gasteiger partial charge in [-0.25, -0.2) is 0 Å². The van der Waals surface area contributed by atoms with E-state index >= 15 is 0 Å². The van der Waals surface area contributed by atoms with E-state index in [0.717, 1.165) is 33.1 Å². The van der Waals surface area contributed by atoms with Crippen LogP contribution in [0.2, 0.25) is 0 Å². The fourth-order valence-corrected chi connectivity index (χ4v) is 1.63. The van der Waals surface area contributed by atoms with E-state index in [1.165, 1.54) is 0 Å². The zero-order valence-electron chi connectivity index (χ0n) is 10.9. The Bertz CT molecular complexity index is 126. The molecular formula is C10H27N5. The largest absolute Gasteiger partial charge is 0.329 e. The van der Waals surface area contributed by atoms with Crippen molar-refractivity contribution in [2.75, 3.05) is 68.3 Å². The maximum atomic E-state index is 5.19. The van der Waals surface area contributed by atoms with E-state index < -0.39 is 0 Å². The van der Waals surface area contributed by atoms with Crippen LogP contribution in [0.4, 0.5) is 0 Å². The van der Waals surface area contributed by atoms with Gasteiger partial charge in [-0.2, -0.15) is 0 Å². The maximum absolute atomic E-state index is 5.19. The quantitative estimate of drug-likeness (QED) is 0.654. The molecule has 0 aliphatic carbocycles. The van der Waals surface area contributed by atoms with Crippen LogP contribution in [0.3, 0.4) is 0 Å². The number of rotatable bonds is 2. The third kappa shape index (κ3) is 8.77. The van der Waals surface area contributed by atoms with Gasteiger partial charge in [0.15, 0.2) is 0 Å². The molecule has 1 aliphatic heterocycles. The maximum Gasteiger partial charge on any atom is 0.0523 e. The summed E-state index contributed by atoms with van der Waals surface area (Å²) >= 11 is 0. The van der Waals surface area contributed by atoms with Gasteiger partial charge < -0.3 is 10.6 Å². The zero-order valence-corrected chi connectivity index (χ0v) is 10.9. The summed E-state index contributed by atoms with van der Waals surface area (Å²) in [6.45, 7) is 5.01. The first-order valence-corrected chi connectivity index (χ1v) is 5.36. The SMILES string of the molecule is CN(C)CCN.CN1CN(C)CN(C)C1. The fraction of sp³-hybridized carbons (Fsp3) is 1.00. The van der Waals surface area contributed by atoms with Crippen LogP contribution in [0, 0.1) is 0 Å². The van der Waals surface area contributed by atoms with E-state index in [-0.39, 0.29) is 0 Å². The van der Waals surface area contributed by atoms with Crippen molar-refractivity contribution in [3.63, 3.8) is 0 Å². The first-order valence-electron chi connectivity index (χ1n) is 5.36. The molecule has 0 amide bonds. The Morgan fingerprint density at radius 2 is 1.27 bits per heavy atom. The van der Waals surface area contributed by atoms with E-state index in [2.05, 4.69) is 40.7 Å². The molecule has 0 aromatic carbocycles. The molecule has 5 heteroatoms. The summed E-state index contributed by atoms with van der Waals surface area (Å²) in [6.07, 6.45) is 0. The second-order valence-corrected chi connectivity index (χ2v) is 4.58. The average molecular weight is 217 g/mol. The number of nitrogens with zero attached hydrogens (tertiary/aromatic N) is 4. The highest BCUT2D eigenvalue weighted by molar-refractivity contribution is 4.58. The molecule has 0 aromatic rings. The molecule has 1 rings (SSSR count). The molecule has 0 bridgehead atoms. The molecule has 1 fully saturated rings. The Hall–Kier alpha value is -0.200. The zero-order chi connectivity index (χ0) is 11.8. The lowest BCUT2D eigenvalue weighted by Crippen LogP contribution is -2.50. The fourth-order valence-electron chi connectivity index (χ4n) is 1.63. The van der Waals surface area contributed by atoms with Crippen molar-refractivity contribution < 1.29 is 0 Å². The van der Waals surface area contributed by atoms with E-state index in [9.17, 15) is 0 Å². The lowest BCUT2D eigenvalue weighted by atomic mass is 10.6. The highest BCUT2D eigenvalue weighted by atomic mass is 15.5. The number of hydrogen-bond acceptors (Lipinski definition) is 5. The second-order valence-electron chi connectivity index (χ2n) is 4.58. The number of nitrogens with two attached hydrogens (primary N) is 1. The third-order valence-electron chi connectivity index (χ3n) is 2.02. The molecule has 0 saturated carbocycles. The molecule has 0 spiro atoms. The van der Waals surface area contributed by atoms with Gasteiger partial charge in [-0.3, -0.25) is 14.7 Å². The van der Waals surface area contributed by atoms with Crippen LogP contribution in [-0.2, 0) is 0 Å². The topological polar surface area (TPSA) is 39.0 Å². The summed E-state index contributed by atoms with van der Waals surface area (Å²) in [5.41, 5.74) is 5.19. The first-order chi connectivity index (χ1) is 6.95. The summed E-state index contributed by atoms with van der Waals surface area (Å²) in [4.78, 5) is 8.90. The van der Waals surface area contributed by atoms with E-state index in [4.69, 9.17) is 5.73 Å². The van der Waals surface area contributed by atoms with Gasteiger partial charge >= 0.3 is 0 Å². The molecule has 1 saturated heterocycles. The molecule has 0 unspecified atom stereocenters. The summed E-state index contributed by atoms with van der Waals surface area (Å²) in [5, 5.41) is 0. The Labute approximate surface area is 94.4 Å². The van der Waals surface area contributed by atoms with Crippen molar-refractivity contribution in [1.82, 2.24) is 19.6 Å². The monoisotopic (exact) mass is 217 g/mol. The van der Waals surface area contributed by atoms with E-state index in [1.807, 2.05) is 14.1 Å². The van der Waals surface area contributed by atoms with Gasteiger partial charge in [-0.05, 0) is 35.2 Å². The molecule has 0 aromatic heterocycles. The van der Waals surface area contributed by atoms with Gasteiger partial charge in [0.1, 0.15) is 0 Å². The Kier molecular flexibility index (Phi) is 7.90. The summed E-state index contributed by atoms with van der Waals surface area (Å²) in [7, 11) is 10.4. The predicted molar refractivity (Wildman–Crippen MR) is 65.5 cm³/mol. The lowest BCUT2D eigenvalue weighted by molar-refractivity contribution is 0.0149. The van der Waals surface area contributed by atoms with Gasteiger partial charge in [0, 0.05) is 13.1 Å². The van der Waals surface area contributed by atoms with Crippen molar-refractivity contribution in [2.24, 2.45) is 5.73 Å². The van der Waals surface area contributed by atoms with Crippen LogP contribution in [0.15, 0.2) is 0 Å². The van der Waals surface area contributed by atoms with Gasteiger partial charge in [0.25, 0.3) is 0 Å². The highest BCUT2D eigenvalue weighted by Crippen LogP contribution is 1.98. The van der Waals surface area contributed by atoms with Gasteiger partial charge in [-0.15, -0.1) is 0 Å². The van der Waals surface area contributed by atoms with E-state index in [0.29, 0.717) is 0 Å². The van der Waals surface area contributed by atoms with Crippen LogP contribution < -0.4 is 5.73 Å². The molecule has 5 nitrogen and oxygen atoms in total. The summed E-state index contributed by atoms with van der Waals surface area (Å²) < 4.78 is 0. The van der Waals surface area contributed by atoms with Crippen molar-refractivity contribution in [3.05, 3.63) is 0 Å². The van der Waals surface area contributed by atoms with Crippen LogP contribution in [0.1, 0.15) is 0 Å². The highest BCUT2D eigenvalue weighted by Gasteiger charge is 2.13. The van der Waals surface area contributed by atoms with Crippen LogP contribution in [0.25, 0.3) is 0 Å². The number of hydrogen-bond donors (Lipinski definition) is 1. The van der Waals surface area contributed by atoms with Crippen molar-refractivity contribution in [2.45, 2.75) is 0 Å². The first kappa shape index (κ1) is 14.8. The Balaban J connectivity index is 0.000000288. The Morgan fingerprint density at radius 1 is 0.933 bits per heavy atom. The van der Waals surface area contributed by atoms with Gasteiger partial charge in [0.2, 0.25) is 0 Å². The average Bonchev–Trinajstić information content (AvgIpc) is 2.00. The molecule has 15 heavy (non-hydrogen) atoms. The third-order valence-corrected chi connectivity index (χ3v) is 2.02. The minimum Gasteiger partial charge on any atom is -0.329 e. The number of likely N-dealkylation sites (N-methyl/N-ethyl adjacent to an activating group) is 1. The summed E-state index contributed by atoms with van der Waals surface area (Å²) in [5.74, 6) is 0. The van der Waals surface area contributed by atoms with Crippen molar-refractivity contribution in [3.8, 4) is 0 Å². The summed E-state index contributed by atoms with van der Waals surface area (Å²) in [6, 6.07) is 0. The Morgan fingerprint density at radius 3 is 1.40 bits per heavy atom. The van der Waals surface area contributed by atoms with Crippen LogP contribution in [0.5, 0.6) is 0 Å². The van der Waals surface area contributed by atoms with Crippen LogP contribution in [-0.4, -0.2) is 87.9 Å². The van der Waals surface area contributed by atoms with Crippen molar-refractivity contribution in [1.29, 1.82) is 0 Å². The normalized spacial score (nSPS) is 20.2. The smallest absolute Gasteiger partial charge is 0.0523 e. The molecule has 0 radical (unpaired) electrons. The van der Waals surface area contributed by atoms with Gasteiger partial charge in [0.05, 0.1) is 20.0 Å². The minimum atomic E-state index is 0.757. The van der Waals surface area contributed by atoms with Gasteiger partial charge in [-0.1, -0.05) is 0 Å². The molecule has 2 N–H and O–H groups in total.